The van der Waals surface area contributed by atoms with Crippen LogP contribution in [-0.2, 0) is 16.1 Å². The van der Waals surface area contributed by atoms with Gasteiger partial charge in [-0.25, -0.2) is 4.79 Å². The molecule has 2 unspecified atom stereocenters. The predicted molar refractivity (Wildman–Crippen MR) is 129 cm³/mol. The normalized spacial score (nSPS) is 18.5. The molecule has 5 heteroatoms. The fraction of sp³-hybridized carbons (Fsp3) is 0.286. The molecule has 170 valence electrons. The van der Waals surface area contributed by atoms with Crippen molar-refractivity contribution in [3.8, 4) is 0 Å². The highest BCUT2D eigenvalue weighted by Crippen LogP contribution is 2.31. The number of amides is 1. The Kier molecular flexibility index (Phi) is 7.20. The molecular formula is C28H30N2O3. The molecule has 0 saturated carbocycles. The molecule has 1 N–H and O–H groups in total. The van der Waals surface area contributed by atoms with Gasteiger partial charge in [0.05, 0.1) is 5.92 Å². The van der Waals surface area contributed by atoms with Crippen molar-refractivity contribution in [1.82, 2.24) is 9.80 Å². The highest BCUT2D eigenvalue weighted by molar-refractivity contribution is 5.91. The molecule has 0 spiro atoms. The minimum absolute atomic E-state index is 0.0993. The molecule has 1 amide bonds. The van der Waals surface area contributed by atoms with Crippen LogP contribution in [0.1, 0.15) is 35.4 Å². The smallest absolute Gasteiger partial charge is 0.326 e. The van der Waals surface area contributed by atoms with Gasteiger partial charge in [-0.2, -0.15) is 0 Å². The van der Waals surface area contributed by atoms with Gasteiger partial charge in [0.2, 0.25) is 5.91 Å². The molecule has 1 saturated heterocycles. The Morgan fingerprint density at radius 3 is 1.94 bits per heavy atom. The number of rotatable bonds is 7. The van der Waals surface area contributed by atoms with Gasteiger partial charge in [-0.15, -0.1) is 0 Å². The summed E-state index contributed by atoms with van der Waals surface area (Å²) in [6.07, 6.45) is 1.16. The number of piperidine rings is 1. The van der Waals surface area contributed by atoms with Gasteiger partial charge < -0.3 is 10.0 Å². The van der Waals surface area contributed by atoms with Gasteiger partial charge in [0.15, 0.2) is 0 Å². The van der Waals surface area contributed by atoms with Crippen LogP contribution in [0.4, 0.5) is 0 Å². The molecule has 3 aromatic carbocycles. The lowest BCUT2D eigenvalue weighted by Gasteiger charge is -2.42. The van der Waals surface area contributed by atoms with Gasteiger partial charge in [-0.05, 0) is 36.6 Å². The number of likely N-dealkylation sites (tertiary alicyclic amines) is 1. The summed E-state index contributed by atoms with van der Waals surface area (Å²) in [7, 11) is 2.03. The van der Waals surface area contributed by atoms with Crippen LogP contribution in [-0.4, -0.2) is 52.5 Å². The molecule has 0 aromatic heterocycles. The lowest BCUT2D eigenvalue weighted by molar-refractivity contribution is -0.153. The van der Waals surface area contributed by atoms with E-state index in [9.17, 15) is 14.7 Å². The first-order valence-electron chi connectivity index (χ1n) is 11.4. The summed E-state index contributed by atoms with van der Waals surface area (Å²) in [4.78, 5) is 29.9. The van der Waals surface area contributed by atoms with Crippen molar-refractivity contribution in [1.29, 1.82) is 0 Å². The molecule has 0 aliphatic carbocycles. The molecule has 1 fully saturated rings. The van der Waals surface area contributed by atoms with Crippen molar-refractivity contribution >= 4 is 11.9 Å². The minimum Gasteiger partial charge on any atom is -0.480 e. The van der Waals surface area contributed by atoms with Crippen molar-refractivity contribution < 1.29 is 14.7 Å². The number of carbonyl (C=O) groups is 2. The van der Waals surface area contributed by atoms with Crippen LogP contribution in [0.25, 0.3) is 0 Å². The van der Waals surface area contributed by atoms with Crippen molar-refractivity contribution in [3.63, 3.8) is 0 Å². The molecule has 2 atom stereocenters. The lowest BCUT2D eigenvalue weighted by Crippen LogP contribution is -2.55. The Bertz CT molecular complexity index is 1020. The molecule has 5 nitrogen and oxygen atoms in total. The van der Waals surface area contributed by atoms with Crippen LogP contribution in [0.2, 0.25) is 0 Å². The third-order valence-corrected chi connectivity index (χ3v) is 6.55. The highest BCUT2D eigenvalue weighted by Gasteiger charge is 2.40. The summed E-state index contributed by atoms with van der Waals surface area (Å²) in [6, 6.07) is 28.7. The summed E-state index contributed by atoms with van der Waals surface area (Å²) < 4.78 is 0. The maximum atomic E-state index is 13.8. The Balaban J connectivity index is 1.56. The molecule has 1 aliphatic rings. The second-order valence-electron chi connectivity index (χ2n) is 8.72. The fourth-order valence-corrected chi connectivity index (χ4v) is 4.78. The van der Waals surface area contributed by atoms with E-state index in [4.69, 9.17) is 0 Å². The van der Waals surface area contributed by atoms with Crippen molar-refractivity contribution in [2.24, 2.45) is 0 Å². The molecule has 1 heterocycles. The number of carboxylic acid groups (broad SMARTS) is 1. The molecule has 33 heavy (non-hydrogen) atoms. The first-order valence-corrected chi connectivity index (χ1v) is 11.4. The van der Waals surface area contributed by atoms with E-state index in [0.29, 0.717) is 13.0 Å². The predicted octanol–water partition coefficient (Wildman–Crippen LogP) is 4.39. The number of nitrogens with zero attached hydrogens (tertiary/aromatic N) is 2. The van der Waals surface area contributed by atoms with Gasteiger partial charge in [-0.1, -0.05) is 91.0 Å². The first kappa shape index (κ1) is 22.7. The van der Waals surface area contributed by atoms with Gasteiger partial charge in [0, 0.05) is 19.1 Å². The number of carbonyl (C=O) groups excluding carboxylic acids is 1. The van der Waals surface area contributed by atoms with E-state index >= 15 is 0 Å². The van der Waals surface area contributed by atoms with E-state index < -0.39 is 17.9 Å². The zero-order chi connectivity index (χ0) is 23.2. The second kappa shape index (κ2) is 10.5. The van der Waals surface area contributed by atoms with Crippen LogP contribution < -0.4 is 0 Å². The number of aliphatic carboxylic acids is 1. The van der Waals surface area contributed by atoms with E-state index in [1.807, 2.05) is 85.9 Å². The zero-order valence-electron chi connectivity index (χ0n) is 18.9. The number of hydrogen-bond donors (Lipinski definition) is 1. The molecule has 1 aliphatic heterocycles. The summed E-state index contributed by atoms with van der Waals surface area (Å²) in [6.45, 7) is 1.18. The molecule has 3 aromatic rings. The summed E-state index contributed by atoms with van der Waals surface area (Å²) in [5.74, 6) is -1.61. The maximum Gasteiger partial charge on any atom is 0.326 e. The standard InChI is InChI=1S/C28H30N2O3/c1-29(20-21-11-5-2-6-12-21)24-17-18-30(25(19-24)28(32)33)27(31)26(22-13-7-3-8-14-22)23-15-9-4-10-16-23/h2-16,24-26H,17-20H2,1H3,(H,32,33). The van der Waals surface area contributed by atoms with Gasteiger partial charge in [-0.3, -0.25) is 9.69 Å². The average molecular weight is 443 g/mol. The summed E-state index contributed by atoms with van der Waals surface area (Å²) in [5.41, 5.74) is 2.95. The summed E-state index contributed by atoms with van der Waals surface area (Å²) in [5, 5.41) is 10.1. The van der Waals surface area contributed by atoms with Crippen molar-refractivity contribution in [2.45, 2.75) is 37.4 Å². The van der Waals surface area contributed by atoms with E-state index in [1.54, 1.807) is 4.90 Å². The third kappa shape index (κ3) is 5.32. The van der Waals surface area contributed by atoms with Crippen LogP contribution in [0.3, 0.4) is 0 Å². The van der Waals surface area contributed by atoms with Crippen LogP contribution in [0.5, 0.6) is 0 Å². The Hall–Kier alpha value is -3.44. The van der Waals surface area contributed by atoms with E-state index in [1.165, 1.54) is 5.56 Å². The van der Waals surface area contributed by atoms with Crippen molar-refractivity contribution in [3.05, 3.63) is 108 Å². The average Bonchev–Trinajstić information content (AvgIpc) is 2.85. The molecule has 0 radical (unpaired) electrons. The van der Waals surface area contributed by atoms with E-state index in [2.05, 4.69) is 17.0 Å². The van der Waals surface area contributed by atoms with Crippen LogP contribution >= 0.6 is 0 Å². The lowest BCUT2D eigenvalue weighted by atomic mass is 9.87. The Morgan fingerprint density at radius 2 is 1.42 bits per heavy atom. The van der Waals surface area contributed by atoms with Gasteiger partial charge in [0.25, 0.3) is 0 Å². The first-order chi connectivity index (χ1) is 16.0. The molecule has 0 bridgehead atoms. The molecule has 4 rings (SSSR count). The Labute approximate surface area is 195 Å². The van der Waals surface area contributed by atoms with Gasteiger partial charge in [0.1, 0.15) is 6.04 Å². The topological polar surface area (TPSA) is 60.9 Å². The number of hydrogen-bond acceptors (Lipinski definition) is 3. The maximum absolute atomic E-state index is 13.8. The van der Waals surface area contributed by atoms with Gasteiger partial charge >= 0.3 is 5.97 Å². The van der Waals surface area contributed by atoms with Crippen LogP contribution in [0, 0.1) is 0 Å². The quantitative estimate of drug-likeness (QED) is 0.589. The SMILES string of the molecule is CN(Cc1ccccc1)C1CCN(C(=O)C(c2ccccc2)c2ccccc2)C(C(=O)O)C1. The fourth-order valence-electron chi connectivity index (χ4n) is 4.78. The van der Waals surface area contributed by atoms with E-state index in [-0.39, 0.29) is 11.9 Å². The number of carboxylic acids is 1. The largest absolute Gasteiger partial charge is 0.480 e. The third-order valence-electron chi connectivity index (χ3n) is 6.55. The Morgan fingerprint density at radius 1 is 0.909 bits per heavy atom. The van der Waals surface area contributed by atoms with Crippen LogP contribution in [0.15, 0.2) is 91.0 Å². The van der Waals surface area contributed by atoms with Crippen molar-refractivity contribution in [2.75, 3.05) is 13.6 Å². The zero-order valence-corrected chi connectivity index (χ0v) is 18.9. The monoisotopic (exact) mass is 442 g/mol. The number of benzene rings is 3. The minimum atomic E-state index is -0.943. The second-order valence-corrected chi connectivity index (χ2v) is 8.72. The molecular weight excluding hydrogens is 412 g/mol. The highest BCUT2D eigenvalue weighted by atomic mass is 16.4. The van der Waals surface area contributed by atoms with E-state index in [0.717, 1.165) is 24.1 Å². The summed E-state index contributed by atoms with van der Waals surface area (Å²) >= 11 is 0.